The third-order valence-corrected chi connectivity index (χ3v) is 6.05. The van der Waals surface area contributed by atoms with Crippen LogP contribution in [0.15, 0.2) is 24.3 Å². The molecule has 1 aromatic carbocycles. The van der Waals surface area contributed by atoms with Gasteiger partial charge in [-0.25, -0.2) is 0 Å². The molecule has 1 heterocycles. The molecule has 5 nitrogen and oxygen atoms in total. The van der Waals surface area contributed by atoms with Gasteiger partial charge in [0, 0.05) is 36.3 Å². The fourth-order valence-corrected chi connectivity index (χ4v) is 4.54. The normalized spacial score (nSPS) is 29.3. The molecule has 0 N–H and O–H groups in total. The first-order chi connectivity index (χ1) is 12.1. The molecule has 8 heteroatoms. The monoisotopic (exact) mass is 404 g/mol. The summed E-state index contributed by atoms with van der Waals surface area (Å²) in [5, 5.41) is 0.643. The molecule has 1 aliphatic heterocycles. The summed E-state index contributed by atoms with van der Waals surface area (Å²) in [5.41, 5.74) is 0. The topological polar surface area (TPSA) is 54.0 Å². The SMILES string of the molecule is O=C1CC2C(CC(OP)C2CCC(COc2cccc(Cl)c2)OP)O1. The predicted molar refractivity (Wildman–Crippen MR) is 101 cm³/mol. The van der Waals surface area contributed by atoms with Crippen molar-refractivity contribution in [2.45, 2.75) is 44.0 Å². The van der Waals surface area contributed by atoms with Crippen molar-refractivity contribution in [2.75, 3.05) is 6.61 Å². The van der Waals surface area contributed by atoms with E-state index in [1.165, 1.54) is 0 Å². The lowest BCUT2D eigenvalue weighted by molar-refractivity contribution is -0.141. The number of carbonyl (C=O) groups excluding carboxylic acids is 1. The number of fused-ring (bicyclic) bond motifs is 1. The number of hydrogen-bond donors (Lipinski definition) is 0. The Morgan fingerprint density at radius 1 is 1.36 bits per heavy atom. The van der Waals surface area contributed by atoms with Crippen molar-refractivity contribution < 1.29 is 23.3 Å². The largest absolute Gasteiger partial charge is 0.491 e. The van der Waals surface area contributed by atoms with Crippen molar-refractivity contribution in [1.29, 1.82) is 0 Å². The van der Waals surface area contributed by atoms with Crippen LogP contribution in [0.2, 0.25) is 5.02 Å². The van der Waals surface area contributed by atoms with E-state index in [9.17, 15) is 4.79 Å². The average Bonchev–Trinajstić information content (AvgIpc) is 3.11. The van der Waals surface area contributed by atoms with Gasteiger partial charge in [0.1, 0.15) is 18.5 Å². The molecule has 0 radical (unpaired) electrons. The summed E-state index contributed by atoms with van der Waals surface area (Å²) in [5.74, 6) is 1.17. The average molecular weight is 405 g/mol. The zero-order valence-corrected chi connectivity index (χ0v) is 16.9. The van der Waals surface area contributed by atoms with Gasteiger partial charge < -0.3 is 18.5 Å². The summed E-state index contributed by atoms with van der Waals surface area (Å²) < 4.78 is 22.2. The van der Waals surface area contributed by atoms with Gasteiger partial charge in [0.05, 0.1) is 18.6 Å². The van der Waals surface area contributed by atoms with Gasteiger partial charge >= 0.3 is 5.97 Å². The Morgan fingerprint density at radius 3 is 2.92 bits per heavy atom. The molecule has 1 aliphatic carbocycles. The molecular weight excluding hydrogens is 382 g/mol. The standard InChI is InChI=1S/C17H23ClO5P2/c18-10-2-1-3-11(6-10)20-9-12(22-24)4-5-13-14-7-17(19)21-15(14)8-16(13)23-25/h1-3,6,12-16H,4-5,7-9,24-25H2. The number of rotatable bonds is 8. The van der Waals surface area contributed by atoms with E-state index >= 15 is 0 Å². The first-order valence-corrected chi connectivity index (χ1v) is 9.71. The van der Waals surface area contributed by atoms with E-state index < -0.39 is 0 Å². The quantitative estimate of drug-likeness (QED) is 0.487. The first kappa shape index (κ1) is 19.3. The maximum atomic E-state index is 11.6. The van der Waals surface area contributed by atoms with Gasteiger partial charge in [-0.2, -0.15) is 0 Å². The highest BCUT2D eigenvalue weighted by Crippen LogP contribution is 2.45. The van der Waals surface area contributed by atoms with Gasteiger partial charge in [0.2, 0.25) is 0 Å². The summed E-state index contributed by atoms with van der Waals surface area (Å²) in [4.78, 5) is 11.6. The molecule has 138 valence electrons. The molecule has 0 aromatic heterocycles. The van der Waals surface area contributed by atoms with E-state index in [4.69, 9.17) is 30.1 Å². The third kappa shape index (κ3) is 4.84. The summed E-state index contributed by atoms with van der Waals surface area (Å²) >= 11 is 5.97. The Bertz CT molecular complexity index is 602. The van der Waals surface area contributed by atoms with Crippen molar-refractivity contribution in [2.24, 2.45) is 11.8 Å². The zero-order valence-electron chi connectivity index (χ0n) is 13.8. The third-order valence-electron chi connectivity index (χ3n) is 5.08. The van der Waals surface area contributed by atoms with Crippen LogP contribution in [-0.2, 0) is 18.6 Å². The van der Waals surface area contributed by atoms with E-state index in [-0.39, 0.29) is 30.2 Å². The van der Waals surface area contributed by atoms with Gasteiger partial charge in [0.15, 0.2) is 0 Å². The highest BCUT2D eigenvalue weighted by Gasteiger charge is 2.50. The molecule has 25 heavy (non-hydrogen) atoms. The maximum Gasteiger partial charge on any atom is 0.306 e. The zero-order chi connectivity index (χ0) is 17.8. The lowest BCUT2D eigenvalue weighted by atomic mass is 9.87. The minimum atomic E-state index is -0.0923. The van der Waals surface area contributed by atoms with Gasteiger partial charge in [0.25, 0.3) is 0 Å². The predicted octanol–water partition coefficient (Wildman–Crippen LogP) is 3.80. The molecule has 0 amide bonds. The smallest absolute Gasteiger partial charge is 0.306 e. The Morgan fingerprint density at radius 2 is 2.20 bits per heavy atom. The second kappa shape index (κ2) is 8.97. The van der Waals surface area contributed by atoms with Crippen molar-refractivity contribution in [3.63, 3.8) is 0 Å². The molecule has 2 fully saturated rings. The van der Waals surface area contributed by atoms with Crippen LogP contribution in [0.25, 0.3) is 0 Å². The molecule has 3 rings (SSSR count). The van der Waals surface area contributed by atoms with Crippen LogP contribution in [0.5, 0.6) is 5.75 Å². The number of ether oxygens (including phenoxy) is 2. The van der Waals surface area contributed by atoms with E-state index in [2.05, 4.69) is 18.9 Å². The van der Waals surface area contributed by atoms with E-state index in [0.29, 0.717) is 24.0 Å². The summed E-state index contributed by atoms with van der Waals surface area (Å²) in [7, 11) is 4.66. The second-order valence-electron chi connectivity index (χ2n) is 6.57. The molecule has 1 aromatic rings. The van der Waals surface area contributed by atoms with Gasteiger partial charge in [-0.1, -0.05) is 17.7 Å². The minimum Gasteiger partial charge on any atom is -0.491 e. The van der Waals surface area contributed by atoms with Crippen LogP contribution in [-0.4, -0.2) is 30.9 Å². The molecular formula is C17H23ClO5P2. The van der Waals surface area contributed by atoms with Crippen LogP contribution in [0.1, 0.15) is 25.7 Å². The molecule has 2 aliphatic rings. The van der Waals surface area contributed by atoms with Crippen LogP contribution >= 0.6 is 30.5 Å². The molecule has 1 saturated heterocycles. The van der Waals surface area contributed by atoms with Crippen molar-refractivity contribution in [1.82, 2.24) is 0 Å². The van der Waals surface area contributed by atoms with Crippen molar-refractivity contribution >= 4 is 36.5 Å². The summed E-state index contributed by atoms with van der Waals surface area (Å²) in [6.07, 6.45) is 3.02. The molecule has 1 saturated carbocycles. The highest BCUT2D eigenvalue weighted by molar-refractivity contribution is 7.10. The summed E-state index contributed by atoms with van der Waals surface area (Å²) in [6.45, 7) is 0.437. The number of benzene rings is 1. The highest BCUT2D eigenvalue weighted by atomic mass is 35.5. The Labute approximate surface area is 157 Å². The van der Waals surface area contributed by atoms with Gasteiger partial charge in [-0.3, -0.25) is 4.79 Å². The van der Waals surface area contributed by atoms with Crippen LogP contribution in [0.4, 0.5) is 0 Å². The van der Waals surface area contributed by atoms with Gasteiger partial charge in [-0.05, 0) is 37.0 Å². The first-order valence-electron chi connectivity index (χ1n) is 8.39. The van der Waals surface area contributed by atoms with Crippen LogP contribution in [0, 0.1) is 11.8 Å². The second-order valence-corrected chi connectivity index (χ2v) is 7.55. The molecule has 7 unspecified atom stereocenters. The molecule has 7 atom stereocenters. The lowest BCUT2D eigenvalue weighted by Crippen LogP contribution is -2.25. The Balaban J connectivity index is 1.52. The minimum absolute atomic E-state index is 0.00105. The summed E-state index contributed by atoms with van der Waals surface area (Å²) in [6, 6.07) is 7.31. The number of halogens is 1. The number of hydrogen-bond acceptors (Lipinski definition) is 5. The molecule has 0 bridgehead atoms. The number of esters is 1. The number of carbonyl (C=O) groups is 1. The van der Waals surface area contributed by atoms with E-state index in [1.807, 2.05) is 18.2 Å². The Kier molecular flexibility index (Phi) is 6.93. The fourth-order valence-electron chi connectivity index (χ4n) is 3.83. The fraction of sp³-hybridized carbons (Fsp3) is 0.588. The van der Waals surface area contributed by atoms with Crippen molar-refractivity contribution in [3.8, 4) is 5.75 Å². The Hall–Kier alpha value is -0.440. The van der Waals surface area contributed by atoms with Crippen LogP contribution in [0.3, 0.4) is 0 Å². The van der Waals surface area contributed by atoms with Crippen LogP contribution < -0.4 is 4.74 Å². The van der Waals surface area contributed by atoms with Crippen molar-refractivity contribution in [3.05, 3.63) is 29.3 Å². The van der Waals surface area contributed by atoms with Gasteiger partial charge in [-0.15, -0.1) is 0 Å². The maximum absolute atomic E-state index is 11.6. The van der Waals surface area contributed by atoms with E-state index in [1.54, 1.807) is 6.07 Å². The lowest BCUT2D eigenvalue weighted by Gasteiger charge is -2.24. The molecule has 0 spiro atoms. The van der Waals surface area contributed by atoms with E-state index in [0.717, 1.165) is 25.0 Å².